The van der Waals surface area contributed by atoms with Gasteiger partial charge in [-0.25, -0.2) is 0 Å². The predicted octanol–water partition coefficient (Wildman–Crippen LogP) is 2.30. The first-order valence-electron chi connectivity index (χ1n) is 7.79. The summed E-state index contributed by atoms with van der Waals surface area (Å²) in [6, 6.07) is 0. The molecule has 2 aliphatic rings. The minimum Gasteiger partial charge on any atom is -0.391 e. The van der Waals surface area contributed by atoms with Gasteiger partial charge in [-0.2, -0.15) is 0 Å². The molecule has 1 saturated heterocycles. The highest BCUT2D eigenvalue weighted by Gasteiger charge is 2.39. The first kappa shape index (κ1) is 15.7. The third kappa shape index (κ3) is 3.50. The fraction of sp³-hybridized carbons (Fsp3) is 0.867. The van der Waals surface area contributed by atoms with E-state index in [4.69, 9.17) is 22.7 Å². The molecule has 20 heavy (non-hydrogen) atoms. The molecule has 0 bridgehead atoms. The lowest BCUT2D eigenvalue weighted by Gasteiger charge is -2.36. The van der Waals surface area contributed by atoms with E-state index in [2.05, 4.69) is 5.32 Å². The molecule has 5 heteroatoms. The van der Waals surface area contributed by atoms with Crippen LogP contribution in [0, 0.1) is 5.92 Å². The zero-order chi connectivity index (χ0) is 14.6. The Hall–Kier alpha value is -0.680. The van der Waals surface area contributed by atoms with Gasteiger partial charge in [-0.3, -0.25) is 4.79 Å². The summed E-state index contributed by atoms with van der Waals surface area (Å²) >= 11 is 5.29. The van der Waals surface area contributed by atoms with Crippen molar-refractivity contribution in [2.75, 3.05) is 6.61 Å². The lowest BCUT2D eigenvalue weighted by Crippen LogP contribution is -2.58. The Morgan fingerprint density at radius 3 is 2.35 bits per heavy atom. The molecular formula is C15H26N2O2S. The fourth-order valence-corrected chi connectivity index (χ4v) is 3.60. The second-order valence-electron chi connectivity index (χ2n) is 6.17. The number of hydrogen-bond acceptors (Lipinski definition) is 3. The van der Waals surface area contributed by atoms with E-state index >= 15 is 0 Å². The first-order valence-corrected chi connectivity index (χ1v) is 8.19. The summed E-state index contributed by atoms with van der Waals surface area (Å²) in [5.74, 6) is -0.00459. The van der Waals surface area contributed by atoms with Crippen LogP contribution < -0.4 is 11.1 Å². The molecule has 3 N–H and O–H groups in total. The summed E-state index contributed by atoms with van der Waals surface area (Å²) in [6.45, 7) is 2.63. The number of nitrogens with two attached hydrogens (primary N) is 1. The van der Waals surface area contributed by atoms with E-state index in [-0.39, 0.29) is 17.9 Å². The third-order valence-electron chi connectivity index (χ3n) is 4.75. The molecule has 2 fully saturated rings. The van der Waals surface area contributed by atoms with Crippen LogP contribution in [0.3, 0.4) is 0 Å². The van der Waals surface area contributed by atoms with Crippen LogP contribution in [0.1, 0.15) is 58.3 Å². The van der Waals surface area contributed by atoms with Crippen molar-refractivity contribution in [1.29, 1.82) is 0 Å². The first-order chi connectivity index (χ1) is 9.55. The van der Waals surface area contributed by atoms with Gasteiger partial charge in [0.05, 0.1) is 22.5 Å². The van der Waals surface area contributed by atoms with Crippen molar-refractivity contribution >= 4 is 23.1 Å². The summed E-state index contributed by atoms with van der Waals surface area (Å²) < 4.78 is 5.49. The van der Waals surface area contributed by atoms with Gasteiger partial charge in [0.2, 0.25) is 5.91 Å². The van der Waals surface area contributed by atoms with Gasteiger partial charge in [0.15, 0.2) is 0 Å². The van der Waals surface area contributed by atoms with Crippen LogP contribution in [0.2, 0.25) is 0 Å². The predicted molar refractivity (Wildman–Crippen MR) is 83.5 cm³/mol. The molecule has 0 radical (unpaired) electrons. The lowest BCUT2D eigenvalue weighted by atomic mass is 9.83. The number of ether oxygens (including phenoxy) is 1. The number of thiocarbonyl (C=S) groups is 1. The summed E-state index contributed by atoms with van der Waals surface area (Å²) in [5, 5.41) is 3.19. The fourth-order valence-electron chi connectivity index (χ4n) is 3.35. The Balaban J connectivity index is 2.07. The van der Waals surface area contributed by atoms with E-state index < -0.39 is 5.54 Å². The number of nitrogens with one attached hydrogen (secondary N) is 1. The van der Waals surface area contributed by atoms with Crippen molar-refractivity contribution in [2.24, 2.45) is 11.7 Å². The van der Waals surface area contributed by atoms with Gasteiger partial charge in [-0.1, -0.05) is 44.3 Å². The van der Waals surface area contributed by atoms with E-state index in [0.717, 1.165) is 32.1 Å². The molecule has 1 aliphatic carbocycles. The summed E-state index contributed by atoms with van der Waals surface area (Å²) in [6.07, 6.45) is 8.35. The van der Waals surface area contributed by atoms with Gasteiger partial charge < -0.3 is 15.8 Å². The van der Waals surface area contributed by atoms with E-state index in [1.165, 1.54) is 19.3 Å². The third-order valence-corrected chi connectivity index (χ3v) is 5.14. The maximum absolute atomic E-state index is 12.5. The number of amides is 1. The monoisotopic (exact) mass is 298 g/mol. The molecule has 2 unspecified atom stereocenters. The minimum atomic E-state index is -0.477. The second-order valence-corrected chi connectivity index (χ2v) is 6.61. The van der Waals surface area contributed by atoms with E-state index in [0.29, 0.717) is 11.6 Å². The molecule has 2 atom stereocenters. The van der Waals surface area contributed by atoms with Crippen LogP contribution in [0.25, 0.3) is 0 Å². The highest BCUT2D eigenvalue weighted by Crippen LogP contribution is 2.29. The Kier molecular flexibility index (Phi) is 5.38. The number of carbonyl (C=O) groups is 1. The molecule has 1 heterocycles. The maximum atomic E-state index is 12.5. The molecule has 2 rings (SSSR count). The van der Waals surface area contributed by atoms with Gasteiger partial charge in [0.1, 0.15) is 0 Å². The molecule has 4 nitrogen and oxygen atoms in total. The number of hydrogen-bond donors (Lipinski definition) is 2. The van der Waals surface area contributed by atoms with Crippen LogP contribution in [0.4, 0.5) is 0 Å². The SMILES string of the molecule is CC1OCCC1C(=O)NC1(C(N)=S)CCCCCCC1. The molecule has 114 valence electrons. The number of carbonyl (C=O) groups excluding carboxylic acids is 1. The summed E-state index contributed by atoms with van der Waals surface area (Å²) in [5.41, 5.74) is 5.51. The molecule has 1 amide bonds. The number of rotatable bonds is 3. The smallest absolute Gasteiger partial charge is 0.226 e. The highest BCUT2D eigenvalue weighted by atomic mass is 32.1. The van der Waals surface area contributed by atoms with Crippen molar-refractivity contribution in [1.82, 2.24) is 5.32 Å². The van der Waals surface area contributed by atoms with Crippen molar-refractivity contribution < 1.29 is 9.53 Å². The van der Waals surface area contributed by atoms with E-state index in [1.54, 1.807) is 0 Å². The van der Waals surface area contributed by atoms with Crippen LogP contribution in [-0.4, -0.2) is 29.1 Å². The topological polar surface area (TPSA) is 64.3 Å². The quantitative estimate of drug-likeness (QED) is 0.785. The molecular weight excluding hydrogens is 272 g/mol. The Labute approximate surface area is 126 Å². The second kappa shape index (κ2) is 6.85. The van der Waals surface area contributed by atoms with Crippen LogP contribution in [-0.2, 0) is 9.53 Å². The van der Waals surface area contributed by atoms with E-state index in [9.17, 15) is 4.79 Å². The minimum absolute atomic E-state index is 0.00745. The molecule has 0 aromatic heterocycles. The maximum Gasteiger partial charge on any atom is 0.226 e. The van der Waals surface area contributed by atoms with Gasteiger partial charge in [0.25, 0.3) is 0 Å². The van der Waals surface area contributed by atoms with Gasteiger partial charge in [-0.05, 0) is 26.2 Å². The molecule has 1 aliphatic heterocycles. The lowest BCUT2D eigenvalue weighted by molar-refractivity contribution is -0.127. The van der Waals surface area contributed by atoms with Gasteiger partial charge >= 0.3 is 0 Å². The molecule has 0 aromatic carbocycles. The van der Waals surface area contributed by atoms with Crippen LogP contribution >= 0.6 is 12.2 Å². The molecule has 0 spiro atoms. The van der Waals surface area contributed by atoms with Gasteiger partial charge in [0, 0.05) is 6.61 Å². The van der Waals surface area contributed by atoms with Crippen LogP contribution in [0.15, 0.2) is 0 Å². The van der Waals surface area contributed by atoms with Crippen molar-refractivity contribution in [3.05, 3.63) is 0 Å². The van der Waals surface area contributed by atoms with Crippen molar-refractivity contribution in [2.45, 2.75) is 69.9 Å². The normalized spacial score (nSPS) is 30.2. The largest absolute Gasteiger partial charge is 0.391 e. The highest BCUT2D eigenvalue weighted by molar-refractivity contribution is 7.80. The molecule has 0 aromatic rings. The average Bonchev–Trinajstić information content (AvgIpc) is 2.78. The zero-order valence-electron chi connectivity index (χ0n) is 12.3. The Morgan fingerprint density at radius 1 is 1.25 bits per heavy atom. The Morgan fingerprint density at radius 2 is 1.85 bits per heavy atom. The van der Waals surface area contributed by atoms with Gasteiger partial charge in [-0.15, -0.1) is 0 Å². The van der Waals surface area contributed by atoms with E-state index in [1.807, 2.05) is 6.92 Å². The zero-order valence-corrected chi connectivity index (χ0v) is 13.1. The van der Waals surface area contributed by atoms with Crippen molar-refractivity contribution in [3.63, 3.8) is 0 Å². The van der Waals surface area contributed by atoms with Crippen molar-refractivity contribution in [3.8, 4) is 0 Å². The summed E-state index contributed by atoms with van der Waals surface area (Å²) in [7, 11) is 0. The van der Waals surface area contributed by atoms with Crippen LogP contribution in [0.5, 0.6) is 0 Å². The summed E-state index contributed by atoms with van der Waals surface area (Å²) in [4.78, 5) is 13.0. The standard InChI is InChI=1S/C15H26N2O2S/c1-11-12(7-10-19-11)13(18)17-15(14(16)20)8-5-3-2-4-6-9-15/h11-12H,2-10H2,1H3,(H2,16,20)(H,17,18). The molecule has 1 saturated carbocycles. The Bertz CT molecular complexity index is 365. The average molecular weight is 298 g/mol.